The second kappa shape index (κ2) is 9.46. The van der Waals surface area contributed by atoms with Gasteiger partial charge < -0.3 is 40.9 Å². The summed E-state index contributed by atoms with van der Waals surface area (Å²) in [6.07, 6.45) is -8.08. The van der Waals surface area contributed by atoms with Gasteiger partial charge in [0.2, 0.25) is 0 Å². The molecule has 9 heteroatoms. The number of aliphatic hydroxyl groups is 5. The van der Waals surface area contributed by atoms with Gasteiger partial charge in [-0.2, -0.15) is 0 Å². The van der Waals surface area contributed by atoms with Gasteiger partial charge in [-0.1, -0.05) is 0 Å². The van der Waals surface area contributed by atoms with Crippen molar-refractivity contribution in [1.82, 2.24) is 0 Å². The van der Waals surface area contributed by atoms with Crippen molar-refractivity contribution in [2.24, 2.45) is 0 Å². The normalized spacial score (nSPS) is 17.7. The molecule has 0 radical (unpaired) electrons. The fraction of sp³-hybridized carbons (Fsp3) is 0.833. The van der Waals surface area contributed by atoms with Crippen LogP contribution in [0.4, 0.5) is 0 Å². The smallest absolute Gasteiger partial charge is 0.547 e. The van der Waals surface area contributed by atoms with E-state index >= 15 is 0 Å². The van der Waals surface area contributed by atoms with Crippen LogP contribution in [0.3, 0.4) is 0 Å². The van der Waals surface area contributed by atoms with Crippen LogP contribution in [0.1, 0.15) is 0 Å². The monoisotopic (exact) mass is 236 g/mol. The third-order valence-electron chi connectivity index (χ3n) is 1.50. The van der Waals surface area contributed by atoms with Gasteiger partial charge in [-0.3, -0.25) is 0 Å². The Hall–Kier alpha value is 0.230. The summed E-state index contributed by atoms with van der Waals surface area (Å²) in [6, 6.07) is 0. The van der Waals surface area contributed by atoms with Crippen molar-refractivity contribution in [3.63, 3.8) is 0 Å². The zero-order chi connectivity index (χ0) is 10.6. The topological polar surface area (TPSA) is 173 Å². The molecule has 0 amide bonds. The Morgan fingerprint density at radius 1 is 1.13 bits per heavy atom. The zero-order valence-electron chi connectivity index (χ0n) is 8.07. The maximum atomic E-state index is 9.98. The molecule has 8 nitrogen and oxygen atoms in total. The second-order valence-corrected chi connectivity index (χ2v) is 2.49. The molecule has 0 bridgehead atoms. The fourth-order valence-electron chi connectivity index (χ4n) is 0.662. The molecule has 0 aromatic carbocycles. The predicted molar refractivity (Wildman–Crippen MR) is 39.7 cm³/mol. The van der Waals surface area contributed by atoms with E-state index in [1.54, 1.807) is 0 Å². The number of carbonyl (C=O) groups is 1. The first kappa shape index (κ1) is 20.6. The van der Waals surface area contributed by atoms with Gasteiger partial charge in [-0.25, -0.2) is 0 Å². The molecule has 0 fully saturated rings. The molecule has 0 aliphatic rings. The Bertz CT molecular complexity index is 177. The Kier molecular flexibility index (Phi) is 13.0. The summed E-state index contributed by atoms with van der Waals surface area (Å²) in [4.78, 5) is 9.98. The maximum absolute atomic E-state index is 9.98. The van der Waals surface area contributed by atoms with Crippen LogP contribution >= 0.6 is 0 Å². The van der Waals surface area contributed by atoms with Gasteiger partial charge in [0, 0.05) is 0 Å². The number of rotatable bonds is 5. The van der Waals surface area contributed by atoms with E-state index in [1.807, 2.05) is 0 Å². The van der Waals surface area contributed by atoms with Crippen molar-refractivity contribution >= 4 is 5.97 Å². The average molecular weight is 236 g/mol. The van der Waals surface area contributed by atoms with E-state index in [0.717, 1.165) is 0 Å². The molecule has 7 N–H and O–H groups in total. The molecule has 0 saturated carbocycles. The van der Waals surface area contributed by atoms with E-state index < -0.39 is 37.0 Å². The summed E-state index contributed by atoms with van der Waals surface area (Å²) in [7, 11) is 0. The molecular weight excluding hydrogens is 223 g/mol. The number of carboxylic acid groups (broad SMARTS) is 1. The van der Waals surface area contributed by atoms with Gasteiger partial charge in [0.05, 0.1) is 12.6 Å². The van der Waals surface area contributed by atoms with E-state index in [9.17, 15) is 9.90 Å². The number of carbonyl (C=O) groups excluding carboxylic acids is 1. The number of hydrogen-bond acceptors (Lipinski definition) is 7. The first-order valence-electron chi connectivity index (χ1n) is 3.45. The van der Waals surface area contributed by atoms with Crippen molar-refractivity contribution in [2.75, 3.05) is 6.61 Å². The molecule has 15 heavy (non-hydrogen) atoms. The summed E-state index contributed by atoms with van der Waals surface area (Å²) in [5, 5.41) is 53.4. The van der Waals surface area contributed by atoms with E-state index in [1.165, 1.54) is 0 Å². The van der Waals surface area contributed by atoms with Crippen LogP contribution in [0.15, 0.2) is 0 Å². The first-order valence-corrected chi connectivity index (χ1v) is 3.45. The van der Waals surface area contributed by atoms with Crippen LogP contribution < -0.4 is 34.7 Å². The second-order valence-electron chi connectivity index (χ2n) is 2.49. The molecule has 0 aromatic rings. The van der Waals surface area contributed by atoms with Crippen molar-refractivity contribution in [3.8, 4) is 0 Å². The Labute approximate surface area is 107 Å². The number of hydrogen-bond donors (Lipinski definition) is 5. The number of carboxylic acids is 1. The molecule has 0 aliphatic heterocycles. The largest absolute Gasteiger partial charge is 1.00 e. The van der Waals surface area contributed by atoms with Crippen LogP contribution in [0.25, 0.3) is 0 Å². The summed E-state index contributed by atoms with van der Waals surface area (Å²) in [6.45, 7) is -0.863. The standard InChI is InChI=1S/C6H12O7.Na.H2O/c7-1-2(8)3(9)4(10)5(11)6(12)13;;/h2-5,7-11H,1H2,(H,12,13);;1H2/q;+1;/p-1/t2-,3-,4+,5-;;/m0../s1. The summed E-state index contributed by atoms with van der Waals surface area (Å²) in [5.41, 5.74) is 0. The molecule has 86 valence electrons. The first-order chi connectivity index (χ1) is 5.91. The van der Waals surface area contributed by atoms with Crippen LogP contribution in [0.5, 0.6) is 0 Å². The van der Waals surface area contributed by atoms with Gasteiger partial charge in [0.25, 0.3) is 0 Å². The summed E-state index contributed by atoms with van der Waals surface area (Å²) < 4.78 is 0. The van der Waals surface area contributed by atoms with Crippen LogP contribution in [0.2, 0.25) is 0 Å². The van der Waals surface area contributed by atoms with Crippen LogP contribution in [-0.4, -0.2) is 68.0 Å². The number of aliphatic carboxylic acids is 1. The van der Waals surface area contributed by atoms with Crippen molar-refractivity contribution in [1.29, 1.82) is 0 Å². The van der Waals surface area contributed by atoms with E-state index in [0.29, 0.717) is 0 Å². The van der Waals surface area contributed by atoms with Gasteiger partial charge in [-0.15, -0.1) is 0 Å². The SMILES string of the molecule is O.O=C([O-])[C@@H](O)[C@H](O)[C@@H](O)[C@@H](O)CO.[Na+]. The fourth-order valence-corrected chi connectivity index (χ4v) is 0.662. The molecule has 0 aliphatic carbocycles. The van der Waals surface area contributed by atoms with Crippen molar-refractivity contribution < 1.29 is 70.5 Å². The molecule has 0 spiro atoms. The predicted octanol–water partition coefficient (Wildman–Crippen LogP) is -8.65. The van der Waals surface area contributed by atoms with Crippen molar-refractivity contribution in [2.45, 2.75) is 24.4 Å². The minimum absolute atomic E-state index is 0. The Morgan fingerprint density at radius 2 is 1.53 bits per heavy atom. The Balaban J connectivity index is -0.000000720. The molecular formula is C6H13NaO8. The van der Waals surface area contributed by atoms with Crippen LogP contribution in [0, 0.1) is 0 Å². The van der Waals surface area contributed by atoms with Crippen LogP contribution in [-0.2, 0) is 4.79 Å². The molecule has 0 aromatic heterocycles. The molecule has 0 heterocycles. The van der Waals surface area contributed by atoms with Gasteiger partial charge in [0.1, 0.15) is 24.4 Å². The molecule has 0 rings (SSSR count). The zero-order valence-corrected chi connectivity index (χ0v) is 10.1. The van der Waals surface area contributed by atoms with Gasteiger partial charge in [-0.05, 0) is 0 Å². The van der Waals surface area contributed by atoms with E-state index in [2.05, 4.69) is 0 Å². The van der Waals surface area contributed by atoms with Crippen molar-refractivity contribution in [3.05, 3.63) is 0 Å². The number of aliphatic hydroxyl groups excluding tert-OH is 5. The summed E-state index contributed by atoms with van der Waals surface area (Å²) >= 11 is 0. The molecule has 0 unspecified atom stereocenters. The summed E-state index contributed by atoms with van der Waals surface area (Å²) in [5.74, 6) is -1.98. The quantitative estimate of drug-likeness (QED) is 0.294. The minimum Gasteiger partial charge on any atom is -0.547 e. The minimum atomic E-state index is -2.31. The maximum Gasteiger partial charge on any atom is 1.00 e. The third-order valence-corrected chi connectivity index (χ3v) is 1.50. The van der Waals surface area contributed by atoms with Gasteiger partial charge in [0.15, 0.2) is 0 Å². The molecule has 4 atom stereocenters. The average Bonchev–Trinajstić information content (AvgIpc) is 2.12. The Morgan fingerprint density at radius 3 is 1.80 bits per heavy atom. The molecule has 0 saturated heterocycles. The van der Waals surface area contributed by atoms with E-state index in [-0.39, 0.29) is 35.0 Å². The van der Waals surface area contributed by atoms with Gasteiger partial charge >= 0.3 is 29.6 Å². The van der Waals surface area contributed by atoms with E-state index in [4.69, 9.17) is 25.5 Å². The third kappa shape index (κ3) is 6.40.